The molecule has 0 spiro atoms. The van der Waals surface area contributed by atoms with Gasteiger partial charge in [-0.15, -0.1) is 0 Å². The maximum atomic E-state index is 13.1. The molecular formula is C22H26N3O3+. The summed E-state index contributed by atoms with van der Waals surface area (Å²) in [5, 5.41) is 9.45. The monoisotopic (exact) mass is 380 g/mol. The van der Waals surface area contributed by atoms with Gasteiger partial charge in [-0.1, -0.05) is 17.7 Å². The second kappa shape index (κ2) is 7.28. The third-order valence-corrected chi connectivity index (χ3v) is 5.85. The van der Waals surface area contributed by atoms with E-state index in [2.05, 4.69) is 4.90 Å². The Morgan fingerprint density at radius 2 is 1.68 bits per heavy atom. The van der Waals surface area contributed by atoms with Crippen molar-refractivity contribution in [1.29, 1.82) is 0 Å². The number of carbonyl (C=O) groups is 2. The topological polar surface area (TPSA) is 65.3 Å². The smallest absolute Gasteiger partial charge is 0.292 e. The van der Waals surface area contributed by atoms with Gasteiger partial charge in [0.25, 0.3) is 5.91 Å². The highest BCUT2D eigenvalue weighted by Gasteiger charge is 2.46. The molecule has 28 heavy (non-hydrogen) atoms. The zero-order valence-electron chi connectivity index (χ0n) is 16.3. The molecule has 0 saturated carbocycles. The molecule has 4 rings (SSSR count). The summed E-state index contributed by atoms with van der Waals surface area (Å²) in [6, 6.07) is 12.7. The number of amides is 2. The van der Waals surface area contributed by atoms with Crippen LogP contribution in [-0.2, 0) is 9.59 Å². The van der Waals surface area contributed by atoms with Crippen LogP contribution in [0.1, 0.15) is 17.5 Å². The number of benzene rings is 2. The first-order valence-corrected chi connectivity index (χ1v) is 9.76. The Morgan fingerprint density at radius 1 is 1.00 bits per heavy atom. The van der Waals surface area contributed by atoms with Crippen LogP contribution in [0, 0.1) is 13.8 Å². The molecule has 2 aromatic carbocycles. The molecule has 2 amide bonds. The molecule has 2 fully saturated rings. The minimum Gasteiger partial charge on any atom is -0.508 e. The quantitative estimate of drug-likeness (QED) is 0.782. The lowest BCUT2D eigenvalue weighted by atomic mass is 10.1. The third kappa shape index (κ3) is 3.36. The van der Waals surface area contributed by atoms with E-state index in [1.54, 1.807) is 12.1 Å². The molecule has 146 valence electrons. The summed E-state index contributed by atoms with van der Waals surface area (Å²) in [5.41, 5.74) is 3.86. The first kappa shape index (κ1) is 18.5. The van der Waals surface area contributed by atoms with E-state index in [4.69, 9.17) is 0 Å². The van der Waals surface area contributed by atoms with Gasteiger partial charge in [0.2, 0.25) is 5.91 Å². The molecular weight excluding hydrogens is 354 g/mol. The number of nitrogens with zero attached hydrogens (tertiary/aromatic N) is 2. The average molecular weight is 380 g/mol. The molecule has 0 aliphatic carbocycles. The summed E-state index contributed by atoms with van der Waals surface area (Å²) >= 11 is 0. The molecule has 2 saturated heterocycles. The maximum absolute atomic E-state index is 13.1. The first-order chi connectivity index (χ1) is 13.4. The number of nitrogens with one attached hydrogen (secondary N) is 1. The summed E-state index contributed by atoms with van der Waals surface area (Å²) in [6.45, 7) is 7.21. The molecule has 2 aliphatic heterocycles. The fourth-order valence-corrected chi connectivity index (χ4v) is 4.32. The van der Waals surface area contributed by atoms with E-state index in [1.807, 2.05) is 44.2 Å². The Morgan fingerprint density at radius 3 is 2.32 bits per heavy atom. The van der Waals surface area contributed by atoms with Crippen LogP contribution in [0.25, 0.3) is 0 Å². The number of quaternary nitrogens is 1. The lowest BCUT2D eigenvalue weighted by Gasteiger charge is -2.35. The summed E-state index contributed by atoms with van der Waals surface area (Å²) in [5.74, 6) is 0.0787. The van der Waals surface area contributed by atoms with Crippen LogP contribution in [0.15, 0.2) is 42.5 Å². The number of hydrogen-bond donors (Lipinski definition) is 2. The molecule has 2 N–H and O–H groups in total. The fourth-order valence-electron chi connectivity index (χ4n) is 4.32. The van der Waals surface area contributed by atoms with E-state index in [0.29, 0.717) is 5.69 Å². The van der Waals surface area contributed by atoms with Gasteiger partial charge in [0.05, 0.1) is 38.3 Å². The number of anilines is 2. The van der Waals surface area contributed by atoms with Crippen molar-refractivity contribution in [2.45, 2.75) is 26.3 Å². The molecule has 2 heterocycles. The molecule has 0 unspecified atom stereocenters. The van der Waals surface area contributed by atoms with E-state index in [0.717, 1.165) is 43.0 Å². The summed E-state index contributed by atoms with van der Waals surface area (Å²) in [7, 11) is 0. The van der Waals surface area contributed by atoms with Gasteiger partial charge in [-0.3, -0.25) is 9.59 Å². The zero-order chi connectivity index (χ0) is 19.8. The van der Waals surface area contributed by atoms with E-state index >= 15 is 0 Å². The van der Waals surface area contributed by atoms with Crippen LogP contribution in [0.4, 0.5) is 11.4 Å². The van der Waals surface area contributed by atoms with Gasteiger partial charge in [0.15, 0.2) is 6.04 Å². The highest BCUT2D eigenvalue weighted by atomic mass is 16.3. The Kier molecular flexibility index (Phi) is 4.81. The predicted molar refractivity (Wildman–Crippen MR) is 108 cm³/mol. The van der Waals surface area contributed by atoms with Crippen molar-refractivity contribution in [3.63, 3.8) is 0 Å². The van der Waals surface area contributed by atoms with Gasteiger partial charge >= 0.3 is 0 Å². The largest absolute Gasteiger partial charge is 0.508 e. The maximum Gasteiger partial charge on any atom is 0.292 e. The number of hydrogen-bond acceptors (Lipinski definition) is 4. The van der Waals surface area contributed by atoms with Crippen molar-refractivity contribution < 1.29 is 19.6 Å². The van der Waals surface area contributed by atoms with Crippen LogP contribution < -0.4 is 14.7 Å². The Labute approximate surface area is 165 Å². The second-order valence-electron chi connectivity index (χ2n) is 7.78. The van der Waals surface area contributed by atoms with Crippen LogP contribution >= 0.6 is 0 Å². The molecule has 0 radical (unpaired) electrons. The molecule has 2 aromatic rings. The highest BCUT2D eigenvalue weighted by Crippen LogP contribution is 2.26. The van der Waals surface area contributed by atoms with Crippen LogP contribution in [0.3, 0.4) is 0 Å². The van der Waals surface area contributed by atoms with E-state index in [9.17, 15) is 14.7 Å². The molecule has 1 atom stereocenters. The van der Waals surface area contributed by atoms with Crippen molar-refractivity contribution in [3.8, 4) is 5.75 Å². The van der Waals surface area contributed by atoms with E-state index < -0.39 is 0 Å². The van der Waals surface area contributed by atoms with E-state index in [1.165, 1.54) is 9.80 Å². The molecule has 6 heteroatoms. The Balaban J connectivity index is 1.45. The number of aryl methyl sites for hydroxylation is 2. The summed E-state index contributed by atoms with van der Waals surface area (Å²) < 4.78 is 0. The third-order valence-electron chi connectivity index (χ3n) is 5.85. The van der Waals surface area contributed by atoms with Crippen molar-refractivity contribution in [2.24, 2.45) is 0 Å². The number of piperazine rings is 1. The molecule has 0 aromatic heterocycles. The van der Waals surface area contributed by atoms with Gasteiger partial charge in [-0.25, -0.2) is 4.90 Å². The van der Waals surface area contributed by atoms with Gasteiger partial charge < -0.3 is 14.9 Å². The number of phenolic OH excluding ortho intramolecular Hbond substituents is 1. The Bertz CT molecular complexity index is 902. The highest BCUT2D eigenvalue weighted by molar-refractivity contribution is 6.22. The average Bonchev–Trinajstić information content (AvgIpc) is 2.97. The second-order valence-corrected chi connectivity index (χ2v) is 7.78. The van der Waals surface area contributed by atoms with Crippen molar-refractivity contribution in [1.82, 2.24) is 0 Å². The molecule has 0 bridgehead atoms. The van der Waals surface area contributed by atoms with Gasteiger partial charge in [0.1, 0.15) is 5.75 Å². The normalized spacial score (nSPS) is 20.9. The van der Waals surface area contributed by atoms with Crippen molar-refractivity contribution in [3.05, 3.63) is 53.6 Å². The van der Waals surface area contributed by atoms with E-state index in [-0.39, 0.29) is 30.0 Å². The first-order valence-electron chi connectivity index (χ1n) is 9.76. The lowest BCUT2D eigenvalue weighted by Crippen LogP contribution is -3.19. The van der Waals surface area contributed by atoms with Gasteiger partial charge in [0, 0.05) is 5.69 Å². The minimum absolute atomic E-state index is 0.0787. The summed E-state index contributed by atoms with van der Waals surface area (Å²) in [4.78, 5) is 30.6. The van der Waals surface area contributed by atoms with Gasteiger partial charge in [-0.2, -0.15) is 0 Å². The number of rotatable bonds is 3. The minimum atomic E-state index is -0.296. The standard InChI is InChI=1S/C22H25N3O3/c1-15-3-8-19(16(2)13-15)25-21(27)14-20(22(25)28)24-11-9-23(10-12-24)17-4-6-18(26)7-5-17/h3-8,13,20,26H,9-12,14H2,1-2H3/p+1/t20-/m0/s1. The summed E-state index contributed by atoms with van der Waals surface area (Å²) in [6.07, 6.45) is 0.278. The number of aromatic hydroxyl groups is 1. The Hall–Kier alpha value is -2.86. The van der Waals surface area contributed by atoms with Crippen LogP contribution in [0.2, 0.25) is 0 Å². The number of phenols is 1. The number of imide groups is 1. The zero-order valence-corrected chi connectivity index (χ0v) is 16.3. The van der Waals surface area contributed by atoms with Crippen LogP contribution in [-0.4, -0.2) is 49.1 Å². The van der Waals surface area contributed by atoms with Crippen LogP contribution in [0.5, 0.6) is 5.75 Å². The van der Waals surface area contributed by atoms with Gasteiger partial charge in [-0.05, 0) is 49.7 Å². The van der Waals surface area contributed by atoms with Crippen molar-refractivity contribution in [2.75, 3.05) is 36.0 Å². The lowest BCUT2D eigenvalue weighted by molar-refractivity contribution is -0.915. The van der Waals surface area contributed by atoms with Crippen molar-refractivity contribution >= 4 is 23.2 Å². The molecule has 2 aliphatic rings. The fraction of sp³-hybridized carbons (Fsp3) is 0.364. The number of carbonyl (C=O) groups excluding carboxylic acids is 2. The molecule has 6 nitrogen and oxygen atoms in total. The SMILES string of the molecule is Cc1ccc(N2C(=O)C[C@H]([NH+]3CCN(c4ccc(O)cc4)CC3)C2=O)c(C)c1. The predicted octanol–water partition coefficient (Wildman–Crippen LogP) is 1.05.